The number of hydrogen-bond acceptors (Lipinski definition) is 14. The number of benzene rings is 3. The first kappa shape index (κ1) is 34.7. The summed E-state index contributed by atoms with van der Waals surface area (Å²) in [5, 5.41) is 12.8. The smallest absolute Gasteiger partial charge is 0.348 e. The van der Waals surface area contributed by atoms with Crippen LogP contribution in [0.4, 0.5) is 16.4 Å². The Balaban J connectivity index is 1.44. The minimum atomic E-state index is -1.46. The molecule has 51 heavy (non-hydrogen) atoms. The number of ether oxygens (including phenoxy) is 4. The lowest BCUT2D eigenvalue weighted by Crippen LogP contribution is -2.37. The molecule has 2 saturated heterocycles. The zero-order chi connectivity index (χ0) is 36.6. The number of carbonyl (C=O) groups excluding carboxylic acids is 5. The van der Waals surface area contributed by atoms with Gasteiger partial charge in [0, 0.05) is 12.1 Å². The first-order chi connectivity index (χ1) is 24.5. The van der Waals surface area contributed by atoms with Crippen molar-refractivity contribution < 1.29 is 52.7 Å². The number of rotatable bonds is 10. The lowest BCUT2D eigenvalue weighted by Gasteiger charge is -2.29. The van der Waals surface area contributed by atoms with Crippen molar-refractivity contribution in [2.24, 2.45) is 5.92 Å². The number of carbonyl (C=O) groups is 5. The van der Waals surface area contributed by atoms with Gasteiger partial charge in [0.05, 0.1) is 48.6 Å². The molecule has 4 aromatic rings. The molecule has 2 amide bonds. The largest absolute Gasteiger partial charge is 0.493 e. The van der Waals surface area contributed by atoms with E-state index in [1.165, 1.54) is 55.5 Å². The lowest BCUT2D eigenvalue weighted by atomic mass is 9.90. The maximum Gasteiger partial charge on any atom is 0.348 e. The van der Waals surface area contributed by atoms with Crippen LogP contribution >= 0.6 is 11.3 Å². The lowest BCUT2D eigenvalue weighted by molar-refractivity contribution is -0.384. The molecule has 0 aliphatic carbocycles. The summed E-state index contributed by atoms with van der Waals surface area (Å²) in [6.07, 6.45) is -1.46. The summed E-state index contributed by atoms with van der Waals surface area (Å²) < 4.78 is 21.2. The van der Waals surface area contributed by atoms with Gasteiger partial charge in [0.1, 0.15) is 15.8 Å². The van der Waals surface area contributed by atoms with E-state index in [9.17, 15) is 34.1 Å². The number of amides is 2. The van der Waals surface area contributed by atoms with E-state index < -0.39 is 52.7 Å². The van der Waals surface area contributed by atoms with Crippen LogP contribution < -0.4 is 19.4 Å². The molecule has 2 aliphatic heterocycles. The number of hydrogen-bond donors (Lipinski definition) is 0. The molecule has 6 rings (SSSR count). The summed E-state index contributed by atoms with van der Waals surface area (Å²) in [5.74, 6) is -4.99. The molecule has 0 unspecified atom stereocenters. The predicted molar refractivity (Wildman–Crippen MR) is 180 cm³/mol. The van der Waals surface area contributed by atoms with Gasteiger partial charge in [0.2, 0.25) is 5.91 Å². The molecule has 2 fully saturated rings. The van der Waals surface area contributed by atoms with Crippen molar-refractivity contribution >= 4 is 57.4 Å². The third-order valence-corrected chi connectivity index (χ3v) is 9.59. The van der Waals surface area contributed by atoms with Gasteiger partial charge in [-0.1, -0.05) is 30.3 Å². The molecule has 15 nitrogen and oxygen atoms in total. The number of methoxy groups -OCH3 is 2. The Labute approximate surface area is 293 Å². The molecule has 3 atom stereocenters. The van der Waals surface area contributed by atoms with Crippen LogP contribution in [0, 0.1) is 23.0 Å². The Bertz CT molecular complexity index is 2080. The SMILES string of the molecule is CCOC(=O)c1sc(N2C(=O)[C@H]3[C@H](ON(c4cccc([N+](=O)[O-])c4)[C@@H]3c3ccc(OC(=O)c4ccccc4)c(OC)c3)C2=O)c(C(=O)OC)c1C. The molecule has 3 aromatic carbocycles. The number of anilines is 2. The Morgan fingerprint density at radius 2 is 1.67 bits per heavy atom. The summed E-state index contributed by atoms with van der Waals surface area (Å²) in [6, 6.07) is 17.2. The summed E-state index contributed by atoms with van der Waals surface area (Å²) >= 11 is 0.729. The van der Waals surface area contributed by atoms with Crippen molar-refractivity contribution in [3.8, 4) is 11.5 Å². The molecule has 0 saturated carbocycles. The third kappa shape index (κ3) is 6.15. The molecule has 16 heteroatoms. The molecule has 0 spiro atoms. The molecule has 0 N–H and O–H groups in total. The minimum Gasteiger partial charge on any atom is -0.493 e. The summed E-state index contributed by atoms with van der Waals surface area (Å²) in [7, 11) is 2.48. The topological polar surface area (TPSA) is 181 Å². The average Bonchev–Trinajstić information content (AvgIpc) is 3.77. The van der Waals surface area contributed by atoms with E-state index in [1.807, 2.05) is 0 Å². The number of non-ortho nitro benzene ring substituents is 1. The van der Waals surface area contributed by atoms with E-state index in [0.29, 0.717) is 11.1 Å². The fourth-order valence-electron chi connectivity index (χ4n) is 6.00. The Hall–Kier alpha value is -6.13. The van der Waals surface area contributed by atoms with Crippen LogP contribution in [0.3, 0.4) is 0 Å². The van der Waals surface area contributed by atoms with Gasteiger partial charge in [-0.2, -0.15) is 0 Å². The van der Waals surface area contributed by atoms with Gasteiger partial charge < -0.3 is 18.9 Å². The summed E-state index contributed by atoms with van der Waals surface area (Å²) in [6.45, 7) is 3.13. The second-order valence-corrected chi connectivity index (χ2v) is 12.2. The van der Waals surface area contributed by atoms with Crippen LogP contribution in [0.2, 0.25) is 0 Å². The number of imide groups is 1. The number of thiophene rings is 1. The monoisotopic (exact) mass is 715 g/mol. The number of nitro groups is 1. The highest BCUT2D eigenvalue weighted by molar-refractivity contribution is 7.19. The number of fused-ring (bicyclic) bond motifs is 1. The molecular formula is C35H29N3O12S. The van der Waals surface area contributed by atoms with Crippen molar-refractivity contribution in [2.45, 2.75) is 26.0 Å². The first-order valence-electron chi connectivity index (χ1n) is 15.4. The van der Waals surface area contributed by atoms with Crippen molar-refractivity contribution in [2.75, 3.05) is 30.8 Å². The quantitative estimate of drug-likeness (QED) is 0.0687. The zero-order valence-corrected chi connectivity index (χ0v) is 28.3. The number of nitro benzene ring substituents is 1. The van der Waals surface area contributed by atoms with Crippen molar-refractivity contribution in [1.82, 2.24) is 0 Å². The van der Waals surface area contributed by atoms with Gasteiger partial charge in [-0.3, -0.25) is 24.5 Å². The van der Waals surface area contributed by atoms with E-state index in [1.54, 1.807) is 43.3 Å². The first-order valence-corrected chi connectivity index (χ1v) is 16.2. The van der Waals surface area contributed by atoms with Gasteiger partial charge in [-0.15, -0.1) is 11.3 Å². The minimum absolute atomic E-state index is 0.00553. The molecule has 2 aliphatic rings. The van der Waals surface area contributed by atoms with Crippen LogP contribution in [-0.4, -0.2) is 61.6 Å². The van der Waals surface area contributed by atoms with E-state index in [2.05, 4.69) is 0 Å². The standard InChI is InChI=1S/C35H29N3O12S/c1-5-48-35(43)29-18(2)25(34(42)47-4)32(51-29)36-30(39)26-27(37(50-28(26)31(36)40)21-12-9-13-22(17-21)38(44)45)20-14-15-23(24(16-20)46-3)49-33(41)19-10-7-6-8-11-19/h6-17,26-28H,5H2,1-4H3/t26-,27-,28+/m1/s1. The fraction of sp³-hybridized carbons (Fsp3) is 0.229. The summed E-state index contributed by atoms with van der Waals surface area (Å²) in [5.41, 5.74) is 0.556. The van der Waals surface area contributed by atoms with Crippen molar-refractivity contribution in [3.05, 3.63) is 110 Å². The zero-order valence-electron chi connectivity index (χ0n) is 27.5. The molecule has 0 bridgehead atoms. The highest BCUT2D eigenvalue weighted by atomic mass is 32.1. The van der Waals surface area contributed by atoms with Crippen LogP contribution in [-0.2, 0) is 23.9 Å². The number of hydroxylamine groups is 1. The second kappa shape index (κ2) is 14.0. The maximum atomic E-state index is 14.5. The van der Waals surface area contributed by atoms with Gasteiger partial charge in [-0.25, -0.2) is 24.3 Å². The Morgan fingerprint density at radius 1 is 0.922 bits per heavy atom. The van der Waals surface area contributed by atoms with Crippen molar-refractivity contribution in [1.29, 1.82) is 0 Å². The van der Waals surface area contributed by atoms with Crippen molar-refractivity contribution in [3.63, 3.8) is 0 Å². The van der Waals surface area contributed by atoms with Crippen LogP contribution in [0.5, 0.6) is 11.5 Å². The normalized spacial score (nSPS) is 18.0. The highest BCUT2D eigenvalue weighted by Gasteiger charge is 2.61. The fourth-order valence-corrected chi connectivity index (χ4v) is 7.20. The summed E-state index contributed by atoms with van der Waals surface area (Å²) in [4.78, 5) is 85.2. The Morgan fingerprint density at radius 3 is 2.33 bits per heavy atom. The van der Waals surface area contributed by atoms with Gasteiger partial charge in [0.25, 0.3) is 11.6 Å². The molecule has 0 radical (unpaired) electrons. The van der Waals surface area contributed by atoms with E-state index in [0.717, 1.165) is 23.3 Å². The molecule has 262 valence electrons. The van der Waals surface area contributed by atoms with E-state index in [-0.39, 0.29) is 50.5 Å². The molecule has 1 aromatic heterocycles. The molecule has 3 heterocycles. The highest BCUT2D eigenvalue weighted by Crippen LogP contribution is 2.51. The van der Waals surface area contributed by atoms with Gasteiger partial charge in [-0.05, 0) is 55.3 Å². The third-order valence-electron chi connectivity index (χ3n) is 8.33. The second-order valence-electron chi connectivity index (χ2n) is 11.2. The van der Waals surface area contributed by atoms with Crippen LogP contribution in [0.25, 0.3) is 0 Å². The molecular weight excluding hydrogens is 686 g/mol. The number of nitrogens with zero attached hydrogens (tertiary/aromatic N) is 3. The van der Waals surface area contributed by atoms with E-state index >= 15 is 0 Å². The van der Waals surface area contributed by atoms with Crippen LogP contribution in [0.1, 0.15) is 54.5 Å². The van der Waals surface area contributed by atoms with Gasteiger partial charge in [0.15, 0.2) is 17.6 Å². The predicted octanol–water partition coefficient (Wildman–Crippen LogP) is 5.21. The Kier molecular flexibility index (Phi) is 9.54. The van der Waals surface area contributed by atoms with E-state index in [4.69, 9.17) is 23.8 Å². The maximum absolute atomic E-state index is 14.5. The number of esters is 3. The van der Waals surface area contributed by atoms with Gasteiger partial charge >= 0.3 is 17.9 Å². The van der Waals surface area contributed by atoms with Crippen LogP contribution in [0.15, 0.2) is 72.8 Å². The average molecular weight is 716 g/mol.